The number of rotatable bonds is 11. The number of benzene rings is 3. The molecule has 4 aromatic rings. The van der Waals surface area contributed by atoms with Gasteiger partial charge >= 0.3 is 6.01 Å². The Balaban J connectivity index is 1.29. The maximum atomic E-state index is 12.8. The lowest BCUT2D eigenvalue weighted by molar-refractivity contribution is 0.0977. The van der Waals surface area contributed by atoms with E-state index in [1.54, 1.807) is 24.3 Å². The summed E-state index contributed by atoms with van der Waals surface area (Å²) in [6.07, 6.45) is 0.777. The van der Waals surface area contributed by atoms with Gasteiger partial charge < -0.3 is 19.5 Å². The van der Waals surface area contributed by atoms with Gasteiger partial charge in [0.1, 0.15) is 5.75 Å². The molecule has 0 fully saturated rings. The van der Waals surface area contributed by atoms with Gasteiger partial charge in [0.15, 0.2) is 10.9 Å². The third-order valence-electron chi connectivity index (χ3n) is 5.58. The zero-order valence-electron chi connectivity index (χ0n) is 22.2. The molecule has 0 saturated carbocycles. The quantitative estimate of drug-likeness (QED) is 0.218. The summed E-state index contributed by atoms with van der Waals surface area (Å²) < 4.78 is 43.8. The van der Waals surface area contributed by atoms with E-state index in [9.17, 15) is 13.2 Å². The lowest BCUT2D eigenvalue weighted by Gasteiger charge is -2.12. The molecule has 11 nitrogen and oxygen atoms in total. The largest absolute Gasteiger partial charge is 0.493 e. The standard InChI is InChI=1S/C28H27N5O6S2/c1-37-25-18-24(30-27(31-25)38-2)33-41(35,36)23-14-10-21(11-15-23)29-28(40)32-26(34)20-8-12-22(13-9-20)39-17-16-19-6-4-3-5-7-19/h3-15,18H,16-17H2,1-2H3,(H,30,31,33)(H2,29,32,34,40). The average Bonchev–Trinajstić information content (AvgIpc) is 2.97. The summed E-state index contributed by atoms with van der Waals surface area (Å²) in [7, 11) is -1.24. The molecule has 0 spiro atoms. The van der Waals surface area contributed by atoms with Gasteiger partial charge in [0, 0.05) is 23.7 Å². The average molecular weight is 594 g/mol. The van der Waals surface area contributed by atoms with Crippen LogP contribution >= 0.6 is 12.2 Å². The summed E-state index contributed by atoms with van der Waals surface area (Å²) in [5.41, 5.74) is 2.05. The first-order valence-corrected chi connectivity index (χ1v) is 14.1. The topological polar surface area (TPSA) is 141 Å². The smallest absolute Gasteiger partial charge is 0.321 e. The lowest BCUT2D eigenvalue weighted by Crippen LogP contribution is -2.34. The molecule has 0 aliphatic heterocycles. The third-order valence-corrected chi connectivity index (χ3v) is 7.16. The second-order valence-corrected chi connectivity index (χ2v) is 10.5. The number of amides is 1. The zero-order chi connectivity index (χ0) is 29.2. The van der Waals surface area contributed by atoms with Gasteiger partial charge in [0.25, 0.3) is 15.9 Å². The number of thiocarbonyl (C=S) groups is 1. The molecule has 41 heavy (non-hydrogen) atoms. The molecule has 0 saturated heterocycles. The van der Waals surface area contributed by atoms with Crippen LogP contribution in [0.15, 0.2) is 89.8 Å². The van der Waals surface area contributed by atoms with Crippen molar-refractivity contribution in [3.05, 3.63) is 96.1 Å². The lowest BCUT2D eigenvalue weighted by atomic mass is 10.2. The van der Waals surface area contributed by atoms with Crippen LogP contribution in [0, 0.1) is 0 Å². The van der Waals surface area contributed by atoms with Crippen molar-refractivity contribution in [2.24, 2.45) is 0 Å². The van der Waals surface area contributed by atoms with E-state index < -0.39 is 15.9 Å². The number of nitrogens with one attached hydrogen (secondary N) is 3. The normalized spacial score (nSPS) is 10.8. The Morgan fingerprint density at radius 1 is 0.902 bits per heavy atom. The van der Waals surface area contributed by atoms with Crippen LogP contribution in [0.1, 0.15) is 15.9 Å². The predicted octanol–water partition coefficient (Wildman–Crippen LogP) is 4.04. The second-order valence-electron chi connectivity index (χ2n) is 8.43. The van der Waals surface area contributed by atoms with E-state index in [1.807, 2.05) is 30.3 Å². The van der Waals surface area contributed by atoms with E-state index in [-0.39, 0.29) is 27.7 Å². The van der Waals surface area contributed by atoms with Gasteiger partial charge in [-0.05, 0) is 66.3 Å². The molecule has 0 unspecified atom stereocenters. The summed E-state index contributed by atoms with van der Waals surface area (Å²) in [6.45, 7) is 0.518. The van der Waals surface area contributed by atoms with E-state index in [0.29, 0.717) is 23.6 Å². The fourth-order valence-corrected chi connectivity index (χ4v) is 4.74. The first-order valence-electron chi connectivity index (χ1n) is 12.2. The highest BCUT2D eigenvalue weighted by Crippen LogP contribution is 2.21. The van der Waals surface area contributed by atoms with Gasteiger partial charge in [0.05, 0.1) is 25.7 Å². The van der Waals surface area contributed by atoms with Crippen molar-refractivity contribution in [2.45, 2.75) is 11.3 Å². The SMILES string of the molecule is COc1cc(NS(=O)(=O)c2ccc(NC(=S)NC(=O)c3ccc(OCCc4ccccc4)cc3)cc2)nc(OC)n1. The number of aromatic nitrogens is 2. The number of hydrogen-bond donors (Lipinski definition) is 3. The molecule has 1 aromatic heterocycles. The minimum absolute atomic E-state index is 0.0217. The van der Waals surface area contributed by atoms with Crippen molar-refractivity contribution < 1.29 is 27.4 Å². The predicted molar refractivity (Wildman–Crippen MR) is 158 cm³/mol. The van der Waals surface area contributed by atoms with Gasteiger partial charge in [-0.25, -0.2) is 8.42 Å². The van der Waals surface area contributed by atoms with Crippen molar-refractivity contribution in [3.63, 3.8) is 0 Å². The van der Waals surface area contributed by atoms with Gasteiger partial charge in [-0.1, -0.05) is 30.3 Å². The van der Waals surface area contributed by atoms with Gasteiger partial charge in [-0.3, -0.25) is 14.8 Å². The summed E-state index contributed by atoms with van der Waals surface area (Å²) in [5, 5.41) is 5.51. The summed E-state index contributed by atoms with van der Waals surface area (Å²) >= 11 is 5.25. The van der Waals surface area contributed by atoms with Crippen LogP contribution in [-0.2, 0) is 16.4 Å². The first-order chi connectivity index (χ1) is 19.8. The molecule has 0 radical (unpaired) electrons. The monoisotopic (exact) mass is 593 g/mol. The van der Waals surface area contributed by atoms with E-state index in [1.165, 1.54) is 50.1 Å². The number of hydrogen-bond acceptors (Lipinski definition) is 9. The van der Waals surface area contributed by atoms with Crippen LogP contribution in [0.3, 0.4) is 0 Å². The number of methoxy groups -OCH3 is 2. The molecule has 3 aromatic carbocycles. The number of sulfonamides is 1. The fraction of sp³-hybridized carbons (Fsp3) is 0.143. The molecule has 13 heteroatoms. The van der Waals surface area contributed by atoms with E-state index >= 15 is 0 Å². The highest BCUT2D eigenvalue weighted by Gasteiger charge is 2.17. The summed E-state index contributed by atoms with van der Waals surface area (Å²) in [5.74, 6) is 0.359. The fourth-order valence-electron chi connectivity index (χ4n) is 3.54. The number of ether oxygens (including phenoxy) is 3. The maximum Gasteiger partial charge on any atom is 0.321 e. The highest BCUT2D eigenvalue weighted by atomic mass is 32.2. The maximum absolute atomic E-state index is 12.8. The van der Waals surface area contributed by atoms with Crippen LogP contribution < -0.4 is 29.6 Å². The van der Waals surface area contributed by atoms with Gasteiger partial charge in [-0.2, -0.15) is 9.97 Å². The molecular formula is C28H27N5O6S2. The van der Waals surface area contributed by atoms with E-state index in [0.717, 1.165) is 6.42 Å². The molecule has 0 aliphatic carbocycles. The molecular weight excluding hydrogens is 566 g/mol. The molecule has 1 heterocycles. The van der Waals surface area contributed by atoms with Crippen LogP contribution in [0.5, 0.6) is 17.6 Å². The number of carbonyl (C=O) groups is 1. The van der Waals surface area contributed by atoms with E-state index in [2.05, 4.69) is 25.3 Å². The van der Waals surface area contributed by atoms with Crippen LogP contribution in [0.25, 0.3) is 0 Å². The Kier molecular flexibility index (Phi) is 9.66. The van der Waals surface area contributed by atoms with Crippen molar-refractivity contribution in [2.75, 3.05) is 30.9 Å². The summed E-state index contributed by atoms with van der Waals surface area (Å²) in [4.78, 5) is 20.5. The minimum atomic E-state index is -3.98. The van der Waals surface area contributed by atoms with Crippen molar-refractivity contribution in [1.29, 1.82) is 0 Å². The Hall–Kier alpha value is -4.75. The molecule has 3 N–H and O–H groups in total. The molecule has 212 valence electrons. The van der Waals surface area contributed by atoms with Crippen LogP contribution in [0.2, 0.25) is 0 Å². The Morgan fingerprint density at radius 3 is 2.27 bits per heavy atom. The van der Waals surface area contributed by atoms with Crippen LogP contribution in [-0.4, -0.2) is 50.2 Å². The van der Waals surface area contributed by atoms with Gasteiger partial charge in [-0.15, -0.1) is 0 Å². The van der Waals surface area contributed by atoms with E-state index in [4.69, 9.17) is 26.4 Å². The number of nitrogens with zero attached hydrogens (tertiary/aromatic N) is 2. The van der Waals surface area contributed by atoms with Gasteiger partial charge in [0.2, 0.25) is 5.88 Å². The van der Waals surface area contributed by atoms with Crippen LogP contribution in [0.4, 0.5) is 11.5 Å². The molecule has 0 bridgehead atoms. The number of carbonyl (C=O) groups excluding carboxylic acids is 1. The Morgan fingerprint density at radius 2 is 1.61 bits per heavy atom. The summed E-state index contributed by atoms with van der Waals surface area (Å²) in [6, 6.07) is 23.8. The second kappa shape index (κ2) is 13.5. The Bertz CT molecular complexity index is 1580. The third kappa shape index (κ3) is 8.37. The molecule has 0 atom stereocenters. The van der Waals surface area contributed by atoms with Crippen molar-refractivity contribution in [3.8, 4) is 17.6 Å². The molecule has 4 rings (SSSR count). The van der Waals surface area contributed by atoms with Crippen molar-refractivity contribution in [1.82, 2.24) is 15.3 Å². The van der Waals surface area contributed by atoms with Crippen molar-refractivity contribution >= 4 is 44.8 Å². The molecule has 1 amide bonds. The minimum Gasteiger partial charge on any atom is -0.493 e. The molecule has 0 aliphatic rings. The zero-order valence-corrected chi connectivity index (χ0v) is 23.8. The Labute approximate surface area is 243 Å². The number of anilines is 2. The highest BCUT2D eigenvalue weighted by molar-refractivity contribution is 7.92. The first kappa shape index (κ1) is 29.2.